The molecule has 0 fully saturated rings. The molecule has 5 nitrogen and oxygen atoms in total. The van der Waals surface area contributed by atoms with Crippen LogP contribution in [-0.4, -0.2) is 18.9 Å². The van der Waals surface area contributed by atoms with Crippen LogP contribution in [0.4, 0.5) is 5.69 Å². The average molecular weight is 333 g/mol. The van der Waals surface area contributed by atoms with Crippen molar-refractivity contribution in [3.63, 3.8) is 0 Å². The number of amides is 2. The summed E-state index contributed by atoms with van der Waals surface area (Å²) in [5.41, 5.74) is 7.90. The van der Waals surface area contributed by atoms with Crippen LogP contribution in [0.1, 0.15) is 21.5 Å². The lowest BCUT2D eigenvalue weighted by atomic mass is 10.0. The predicted octanol–water partition coefficient (Wildman–Crippen LogP) is 2.94. The third-order valence-corrected chi connectivity index (χ3v) is 3.71. The molecule has 0 heterocycles. The molecule has 120 valence electrons. The molecule has 0 bridgehead atoms. The summed E-state index contributed by atoms with van der Waals surface area (Å²) in [5, 5.41) is 3.23. The summed E-state index contributed by atoms with van der Waals surface area (Å²) in [4.78, 5) is 23.2. The quantitative estimate of drug-likeness (QED) is 0.883. The fourth-order valence-corrected chi connectivity index (χ4v) is 2.40. The molecular weight excluding hydrogens is 316 g/mol. The number of aryl methyl sites for hydroxylation is 1. The Kier molecular flexibility index (Phi) is 5.24. The van der Waals surface area contributed by atoms with E-state index in [0.717, 1.165) is 11.1 Å². The maximum absolute atomic E-state index is 12.1. The third-order valence-electron chi connectivity index (χ3n) is 3.41. The Morgan fingerprint density at radius 2 is 1.87 bits per heavy atom. The molecule has 0 aliphatic heterocycles. The largest absolute Gasteiger partial charge is 0.495 e. The molecule has 0 aromatic heterocycles. The zero-order valence-electron chi connectivity index (χ0n) is 12.9. The number of hydrogen-bond donors (Lipinski definition) is 2. The van der Waals surface area contributed by atoms with Crippen LogP contribution in [-0.2, 0) is 11.2 Å². The Balaban J connectivity index is 2.07. The van der Waals surface area contributed by atoms with Gasteiger partial charge in [-0.05, 0) is 54.4 Å². The van der Waals surface area contributed by atoms with E-state index in [-0.39, 0.29) is 12.3 Å². The second-order valence-electron chi connectivity index (χ2n) is 5.08. The molecule has 2 rings (SSSR count). The molecule has 0 aliphatic rings. The fourth-order valence-electron chi connectivity index (χ4n) is 2.14. The van der Waals surface area contributed by atoms with Gasteiger partial charge in [0, 0.05) is 11.3 Å². The van der Waals surface area contributed by atoms with Crippen molar-refractivity contribution in [3.05, 3.63) is 58.1 Å². The first-order valence-electron chi connectivity index (χ1n) is 6.93. The number of primary amides is 1. The number of carbonyl (C=O) groups excluding carboxylic acids is 2. The summed E-state index contributed by atoms with van der Waals surface area (Å²) in [6.07, 6.45) is 0.188. The number of methoxy groups -OCH3 is 1. The molecule has 0 saturated heterocycles. The van der Waals surface area contributed by atoms with Crippen molar-refractivity contribution in [1.82, 2.24) is 0 Å². The van der Waals surface area contributed by atoms with Crippen LogP contribution in [0.25, 0.3) is 0 Å². The van der Waals surface area contributed by atoms with Gasteiger partial charge in [-0.2, -0.15) is 0 Å². The highest BCUT2D eigenvalue weighted by molar-refractivity contribution is 6.32. The highest BCUT2D eigenvalue weighted by atomic mass is 35.5. The number of ether oxygens (including phenoxy) is 1. The third kappa shape index (κ3) is 4.23. The van der Waals surface area contributed by atoms with Gasteiger partial charge in [-0.15, -0.1) is 0 Å². The van der Waals surface area contributed by atoms with Crippen LogP contribution in [0.15, 0.2) is 36.4 Å². The average Bonchev–Trinajstić information content (AvgIpc) is 2.51. The molecule has 2 aromatic rings. The van der Waals surface area contributed by atoms with Gasteiger partial charge >= 0.3 is 0 Å². The number of halogens is 1. The van der Waals surface area contributed by atoms with Gasteiger partial charge in [0.15, 0.2) is 0 Å². The maximum Gasteiger partial charge on any atom is 0.248 e. The summed E-state index contributed by atoms with van der Waals surface area (Å²) >= 11 is 6.09. The summed E-state index contributed by atoms with van der Waals surface area (Å²) in [6, 6.07) is 9.91. The molecule has 3 N–H and O–H groups in total. The highest BCUT2D eigenvalue weighted by Gasteiger charge is 2.11. The van der Waals surface area contributed by atoms with E-state index in [4.69, 9.17) is 22.1 Å². The van der Waals surface area contributed by atoms with Gasteiger partial charge in [-0.25, -0.2) is 0 Å². The molecule has 23 heavy (non-hydrogen) atoms. The molecule has 0 radical (unpaired) electrons. The monoisotopic (exact) mass is 332 g/mol. The number of benzene rings is 2. The number of carbonyl (C=O) groups is 2. The van der Waals surface area contributed by atoms with Crippen molar-refractivity contribution >= 4 is 29.1 Å². The van der Waals surface area contributed by atoms with Crippen molar-refractivity contribution < 1.29 is 14.3 Å². The summed E-state index contributed by atoms with van der Waals surface area (Å²) in [5.74, 6) is -0.108. The first-order chi connectivity index (χ1) is 10.9. The standard InChI is InChI=1S/C17H17ClN2O3/c1-10-7-15(23-2)14(18)8-12(10)9-16(21)20-13-5-3-11(4-6-13)17(19)22/h3-8H,9H2,1-2H3,(H2,19,22)(H,20,21). The summed E-state index contributed by atoms with van der Waals surface area (Å²) in [6.45, 7) is 1.89. The van der Waals surface area contributed by atoms with E-state index in [2.05, 4.69) is 5.32 Å². The maximum atomic E-state index is 12.1. The molecule has 6 heteroatoms. The topological polar surface area (TPSA) is 81.4 Å². The van der Waals surface area contributed by atoms with Gasteiger partial charge < -0.3 is 15.8 Å². The van der Waals surface area contributed by atoms with Crippen LogP contribution in [0, 0.1) is 6.92 Å². The van der Waals surface area contributed by atoms with Crippen LogP contribution in [0.5, 0.6) is 5.75 Å². The van der Waals surface area contributed by atoms with E-state index in [1.807, 2.05) is 6.92 Å². The highest BCUT2D eigenvalue weighted by Crippen LogP contribution is 2.28. The van der Waals surface area contributed by atoms with Gasteiger partial charge in [-0.1, -0.05) is 11.6 Å². The van der Waals surface area contributed by atoms with Gasteiger partial charge in [0.05, 0.1) is 18.6 Å². The number of anilines is 1. The van der Waals surface area contributed by atoms with E-state index in [9.17, 15) is 9.59 Å². The number of hydrogen-bond acceptors (Lipinski definition) is 3. The molecule has 0 atom stereocenters. The Morgan fingerprint density at radius 3 is 2.43 bits per heavy atom. The lowest BCUT2D eigenvalue weighted by Gasteiger charge is -2.11. The Hall–Kier alpha value is -2.53. The Morgan fingerprint density at radius 1 is 1.22 bits per heavy atom. The first kappa shape index (κ1) is 16.8. The van der Waals surface area contributed by atoms with Gasteiger partial charge in [0.1, 0.15) is 5.75 Å². The molecule has 0 aliphatic carbocycles. The van der Waals surface area contributed by atoms with Crippen LogP contribution >= 0.6 is 11.6 Å². The van der Waals surface area contributed by atoms with Crippen molar-refractivity contribution in [3.8, 4) is 5.75 Å². The zero-order chi connectivity index (χ0) is 17.0. The molecule has 0 spiro atoms. The van der Waals surface area contributed by atoms with Crippen molar-refractivity contribution in [2.45, 2.75) is 13.3 Å². The van der Waals surface area contributed by atoms with Crippen molar-refractivity contribution in [2.75, 3.05) is 12.4 Å². The molecule has 0 saturated carbocycles. The summed E-state index contributed by atoms with van der Waals surface area (Å²) in [7, 11) is 1.54. The zero-order valence-corrected chi connectivity index (χ0v) is 13.6. The Labute approximate surface area is 139 Å². The second-order valence-corrected chi connectivity index (χ2v) is 5.49. The second kappa shape index (κ2) is 7.15. The predicted molar refractivity (Wildman–Crippen MR) is 90.0 cm³/mol. The lowest BCUT2D eigenvalue weighted by Crippen LogP contribution is -2.15. The van der Waals surface area contributed by atoms with E-state index >= 15 is 0 Å². The van der Waals surface area contributed by atoms with Gasteiger partial charge in [0.2, 0.25) is 11.8 Å². The van der Waals surface area contributed by atoms with Gasteiger partial charge in [0.25, 0.3) is 0 Å². The van der Waals surface area contributed by atoms with Gasteiger partial charge in [-0.3, -0.25) is 9.59 Å². The smallest absolute Gasteiger partial charge is 0.248 e. The molecule has 2 amide bonds. The number of nitrogens with one attached hydrogen (secondary N) is 1. The Bertz CT molecular complexity index is 742. The molecule has 0 unspecified atom stereocenters. The van der Waals surface area contributed by atoms with Crippen molar-refractivity contribution in [2.24, 2.45) is 5.73 Å². The minimum absolute atomic E-state index is 0.179. The van der Waals surface area contributed by atoms with Crippen LogP contribution in [0.3, 0.4) is 0 Å². The number of nitrogens with two attached hydrogens (primary N) is 1. The SMILES string of the molecule is COc1cc(C)c(CC(=O)Nc2ccc(C(N)=O)cc2)cc1Cl. The van der Waals surface area contributed by atoms with Crippen LogP contribution < -0.4 is 15.8 Å². The normalized spacial score (nSPS) is 10.2. The first-order valence-corrected chi connectivity index (χ1v) is 7.31. The van der Waals surface area contributed by atoms with E-state index in [0.29, 0.717) is 22.0 Å². The minimum atomic E-state index is -0.508. The lowest BCUT2D eigenvalue weighted by molar-refractivity contribution is -0.115. The molecular formula is C17H17ClN2O3. The van der Waals surface area contributed by atoms with Crippen LogP contribution in [0.2, 0.25) is 5.02 Å². The number of rotatable bonds is 5. The fraction of sp³-hybridized carbons (Fsp3) is 0.176. The van der Waals surface area contributed by atoms with E-state index in [1.165, 1.54) is 0 Å². The minimum Gasteiger partial charge on any atom is -0.495 e. The van der Waals surface area contributed by atoms with E-state index in [1.54, 1.807) is 43.5 Å². The van der Waals surface area contributed by atoms with Crippen molar-refractivity contribution in [1.29, 1.82) is 0 Å². The molecule has 2 aromatic carbocycles. The van der Waals surface area contributed by atoms with E-state index < -0.39 is 5.91 Å². The summed E-state index contributed by atoms with van der Waals surface area (Å²) < 4.78 is 5.14.